The van der Waals surface area contributed by atoms with Crippen LogP contribution in [-0.2, 0) is 17.8 Å². The number of aryl methyl sites for hydroxylation is 3. The monoisotopic (exact) mass is 384 g/mol. The summed E-state index contributed by atoms with van der Waals surface area (Å²) in [6.07, 6.45) is 8.13. The number of hydrogen-bond acceptors (Lipinski definition) is 5. The molecule has 2 aromatic rings. The molecule has 7 nitrogen and oxygen atoms in total. The van der Waals surface area contributed by atoms with Crippen LogP contribution in [0.5, 0.6) is 5.75 Å². The van der Waals surface area contributed by atoms with Crippen LogP contribution in [0.4, 0.5) is 0 Å². The van der Waals surface area contributed by atoms with Crippen molar-refractivity contribution < 1.29 is 14.6 Å². The molecule has 2 aliphatic heterocycles. The van der Waals surface area contributed by atoms with Crippen molar-refractivity contribution in [2.75, 3.05) is 13.1 Å². The van der Waals surface area contributed by atoms with Gasteiger partial charge in [-0.2, -0.15) is 5.10 Å². The molecule has 28 heavy (non-hydrogen) atoms. The maximum atomic E-state index is 12.6. The third-order valence-corrected chi connectivity index (χ3v) is 5.87. The van der Waals surface area contributed by atoms with Crippen LogP contribution in [0, 0.1) is 6.92 Å². The summed E-state index contributed by atoms with van der Waals surface area (Å²) in [5, 5.41) is 15.0. The highest BCUT2D eigenvalue weighted by Crippen LogP contribution is 2.43. The van der Waals surface area contributed by atoms with Gasteiger partial charge in [-0.25, -0.2) is 0 Å². The van der Waals surface area contributed by atoms with Gasteiger partial charge in [-0.05, 0) is 31.4 Å². The number of fused-ring (bicyclic) bond motifs is 1. The van der Waals surface area contributed by atoms with Crippen molar-refractivity contribution in [3.05, 3.63) is 41.5 Å². The lowest BCUT2D eigenvalue weighted by Crippen LogP contribution is -2.51. The maximum Gasteiger partial charge on any atom is 0.222 e. The van der Waals surface area contributed by atoms with E-state index in [1.165, 1.54) is 0 Å². The van der Waals surface area contributed by atoms with Gasteiger partial charge >= 0.3 is 0 Å². The van der Waals surface area contributed by atoms with Crippen LogP contribution in [0.2, 0.25) is 0 Å². The van der Waals surface area contributed by atoms with Crippen molar-refractivity contribution >= 4 is 5.91 Å². The number of hydrogen-bond donors (Lipinski definition) is 1. The molecule has 4 heterocycles. The molecule has 7 heteroatoms. The lowest BCUT2D eigenvalue weighted by molar-refractivity contribution is -0.136. The number of aromatic nitrogens is 3. The van der Waals surface area contributed by atoms with Gasteiger partial charge in [-0.15, -0.1) is 0 Å². The lowest BCUT2D eigenvalue weighted by Gasteiger charge is -2.44. The first kappa shape index (κ1) is 18.9. The van der Waals surface area contributed by atoms with E-state index in [4.69, 9.17) is 4.74 Å². The molecule has 1 unspecified atom stereocenters. The molecule has 150 valence electrons. The molecule has 0 saturated carbocycles. The van der Waals surface area contributed by atoms with Crippen LogP contribution in [0.25, 0.3) is 0 Å². The number of pyridine rings is 1. The Hall–Kier alpha value is -2.41. The summed E-state index contributed by atoms with van der Waals surface area (Å²) < 4.78 is 8.09. The molecule has 0 aromatic carbocycles. The largest absolute Gasteiger partial charge is 0.483 e. The fourth-order valence-corrected chi connectivity index (χ4v) is 4.25. The topological polar surface area (TPSA) is 80.5 Å². The SMILES string of the molecule is CCn1cc2c(n1)C(O)CC1(CCN(C(=O)CCc3cncc(C)c3)CC1)O2. The first-order chi connectivity index (χ1) is 13.5. The Labute approximate surface area is 165 Å². The molecule has 0 radical (unpaired) electrons. The molecule has 0 bridgehead atoms. The van der Waals surface area contributed by atoms with Gasteiger partial charge < -0.3 is 14.7 Å². The van der Waals surface area contributed by atoms with Gasteiger partial charge in [0.2, 0.25) is 5.91 Å². The minimum Gasteiger partial charge on any atom is -0.483 e. The molecule has 1 saturated heterocycles. The normalized spacial score (nSPS) is 20.7. The Morgan fingerprint density at radius 2 is 2.14 bits per heavy atom. The van der Waals surface area contributed by atoms with Crippen LogP contribution in [0.3, 0.4) is 0 Å². The van der Waals surface area contributed by atoms with Gasteiger partial charge in [0.15, 0.2) is 5.75 Å². The fourth-order valence-electron chi connectivity index (χ4n) is 4.25. The van der Waals surface area contributed by atoms with E-state index < -0.39 is 11.7 Å². The van der Waals surface area contributed by atoms with Crippen LogP contribution in [0.15, 0.2) is 24.7 Å². The van der Waals surface area contributed by atoms with Crippen LogP contribution in [0.1, 0.15) is 55.5 Å². The van der Waals surface area contributed by atoms with E-state index in [1.807, 2.05) is 37.3 Å². The second-order valence-corrected chi connectivity index (χ2v) is 7.99. The van der Waals surface area contributed by atoms with Gasteiger partial charge in [-0.3, -0.25) is 14.5 Å². The van der Waals surface area contributed by atoms with Crippen molar-refractivity contribution in [1.82, 2.24) is 19.7 Å². The maximum absolute atomic E-state index is 12.6. The minimum absolute atomic E-state index is 0.173. The predicted molar refractivity (Wildman–Crippen MR) is 104 cm³/mol. The number of carbonyl (C=O) groups is 1. The third kappa shape index (κ3) is 3.76. The Morgan fingerprint density at radius 1 is 1.36 bits per heavy atom. The average molecular weight is 384 g/mol. The highest BCUT2D eigenvalue weighted by atomic mass is 16.5. The standard InChI is InChI=1S/C21H28N4O3/c1-3-25-14-18-20(23-25)17(26)11-21(28-18)6-8-24(9-7-21)19(27)5-4-16-10-15(2)12-22-13-16/h10,12-14,17,26H,3-9,11H2,1-2H3. The van der Waals surface area contributed by atoms with Crippen molar-refractivity contribution in [1.29, 1.82) is 0 Å². The molecule has 2 aromatic heterocycles. The molecule has 4 rings (SSSR count). The molecule has 1 fully saturated rings. The van der Waals surface area contributed by atoms with Crippen molar-refractivity contribution in [3.63, 3.8) is 0 Å². The number of nitrogens with zero attached hydrogens (tertiary/aromatic N) is 4. The van der Waals surface area contributed by atoms with Gasteiger partial charge in [-0.1, -0.05) is 6.07 Å². The number of carbonyl (C=O) groups excluding carboxylic acids is 1. The zero-order chi connectivity index (χ0) is 19.7. The van der Waals surface area contributed by atoms with E-state index in [-0.39, 0.29) is 5.91 Å². The first-order valence-corrected chi connectivity index (χ1v) is 10.1. The van der Waals surface area contributed by atoms with Crippen LogP contribution < -0.4 is 4.74 Å². The van der Waals surface area contributed by atoms with Gasteiger partial charge in [0.05, 0.1) is 6.20 Å². The molecule has 0 aliphatic carbocycles. The van der Waals surface area contributed by atoms with E-state index >= 15 is 0 Å². The lowest BCUT2D eigenvalue weighted by atomic mass is 9.83. The number of likely N-dealkylation sites (tertiary alicyclic amines) is 1. The smallest absolute Gasteiger partial charge is 0.222 e. The fraction of sp³-hybridized carbons (Fsp3) is 0.571. The summed E-state index contributed by atoms with van der Waals surface area (Å²) in [4.78, 5) is 18.8. The zero-order valence-electron chi connectivity index (χ0n) is 16.6. The molecule has 2 aliphatic rings. The molecule has 1 atom stereocenters. The molecule has 1 N–H and O–H groups in total. The highest BCUT2D eigenvalue weighted by Gasteiger charge is 2.44. The second kappa shape index (κ2) is 7.54. The quantitative estimate of drug-likeness (QED) is 0.876. The number of ether oxygens (including phenoxy) is 1. The summed E-state index contributed by atoms with van der Waals surface area (Å²) in [5.74, 6) is 0.861. The summed E-state index contributed by atoms with van der Waals surface area (Å²) in [5.41, 5.74) is 2.45. The van der Waals surface area contributed by atoms with E-state index in [9.17, 15) is 9.90 Å². The molecule has 1 amide bonds. The third-order valence-electron chi connectivity index (χ3n) is 5.87. The van der Waals surface area contributed by atoms with Gasteiger partial charge in [0.25, 0.3) is 0 Å². The summed E-state index contributed by atoms with van der Waals surface area (Å²) in [6.45, 7) is 6.09. The Morgan fingerprint density at radius 3 is 2.86 bits per heavy atom. The van der Waals surface area contributed by atoms with Crippen molar-refractivity contribution in [2.24, 2.45) is 0 Å². The summed E-state index contributed by atoms with van der Waals surface area (Å²) in [6, 6.07) is 2.08. The van der Waals surface area contributed by atoms with E-state index in [0.717, 1.165) is 30.5 Å². The molecular formula is C21H28N4O3. The number of aliphatic hydroxyl groups excluding tert-OH is 1. The van der Waals surface area contributed by atoms with Crippen molar-refractivity contribution in [2.45, 2.75) is 64.2 Å². The predicted octanol–water partition coefficient (Wildman–Crippen LogP) is 2.42. The zero-order valence-corrected chi connectivity index (χ0v) is 16.6. The molecule has 1 spiro atoms. The van der Waals surface area contributed by atoms with Crippen molar-refractivity contribution in [3.8, 4) is 5.75 Å². The van der Waals surface area contributed by atoms with Crippen LogP contribution >= 0.6 is 0 Å². The average Bonchev–Trinajstić information content (AvgIpc) is 3.10. The van der Waals surface area contributed by atoms with Crippen LogP contribution in [-0.4, -0.2) is 49.4 Å². The Balaban J connectivity index is 1.34. The Bertz CT molecular complexity index is 855. The van der Waals surface area contributed by atoms with Gasteiger partial charge in [0, 0.05) is 57.7 Å². The van der Waals surface area contributed by atoms with E-state index in [0.29, 0.717) is 43.8 Å². The molecular weight excluding hydrogens is 356 g/mol. The number of piperidine rings is 1. The van der Waals surface area contributed by atoms with E-state index in [2.05, 4.69) is 16.1 Å². The number of rotatable bonds is 4. The number of amides is 1. The summed E-state index contributed by atoms with van der Waals surface area (Å²) in [7, 11) is 0. The highest BCUT2D eigenvalue weighted by molar-refractivity contribution is 5.76. The number of aliphatic hydroxyl groups is 1. The first-order valence-electron chi connectivity index (χ1n) is 10.1. The Kier molecular flexibility index (Phi) is 5.10. The minimum atomic E-state index is -0.604. The summed E-state index contributed by atoms with van der Waals surface area (Å²) >= 11 is 0. The van der Waals surface area contributed by atoms with Gasteiger partial charge in [0.1, 0.15) is 17.4 Å². The van der Waals surface area contributed by atoms with E-state index in [1.54, 1.807) is 4.68 Å². The second-order valence-electron chi connectivity index (χ2n) is 7.99.